The van der Waals surface area contributed by atoms with Crippen LogP contribution in [0.1, 0.15) is 43.5 Å². The minimum Gasteiger partial charge on any atom is -0.503 e. The molecule has 0 radical (unpaired) electrons. The quantitative estimate of drug-likeness (QED) is 0.687. The number of carbonyl (C=O) groups is 2. The van der Waals surface area contributed by atoms with Gasteiger partial charge in [0.2, 0.25) is 0 Å². The van der Waals surface area contributed by atoms with E-state index in [9.17, 15) is 14.7 Å². The number of ketones is 1. The summed E-state index contributed by atoms with van der Waals surface area (Å²) < 4.78 is 10.7. The summed E-state index contributed by atoms with van der Waals surface area (Å²) in [6, 6.07) is 12.7. The van der Waals surface area contributed by atoms with Crippen LogP contribution in [0.15, 0.2) is 53.8 Å². The lowest BCUT2D eigenvalue weighted by Gasteiger charge is -2.29. The average Bonchev–Trinajstić information content (AvgIpc) is 3.00. The molecule has 0 spiro atoms. The lowest BCUT2D eigenvalue weighted by molar-refractivity contribution is -0.129. The molecule has 1 aliphatic rings. The number of ether oxygens (including phenoxy) is 2. The summed E-state index contributed by atoms with van der Waals surface area (Å²) >= 11 is 0. The van der Waals surface area contributed by atoms with Gasteiger partial charge in [0.15, 0.2) is 23.0 Å². The lowest BCUT2D eigenvalue weighted by atomic mass is 9.82. The van der Waals surface area contributed by atoms with Crippen LogP contribution in [0.25, 0.3) is 0 Å². The molecule has 3 rings (SSSR count). The molecule has 0 aromatic heterocycles. The van der Waals surface area contributed by atoms with Crippen molar-refractivity contribution in [2.24, 2.45) is 5.41 Å². The first-order valence-electron chi connectivity index (χ1n) is 10.6. The molecule has 1 heterocycles. The first kappa shape index (κ1) is 23.4. The Morgan fingerprint density at radius 3 is 2.34 bits per heavy atom. The van der Waals surface area contributed by atoms with Crippen molar-refractivity contribution in [2.45, 2.75) is 40.2 Å². The molecular formula is C26H31NO5. The van der Waals surface area contributed by atoms with Gasteiger partial charge in [-0.25, -0.2) is 0 Å². The summed E-state index contributed by atoms with van der Waals surface area (Å²) in [6.45, 7) is 7.67. The predicted octanol–water partition coefficient (Wildman–Crippen LogP) is 4.57. The van der Waals surface area contributed by atoms with Crippen molar-refractivity contribution in [3.05, 3.63) is 70.5 Å². The van der Waals surface area contributed by atoms with Crippen molar-refractivity contribution in [3.8, 4) is 11.5 Å². The van der Waals surface area contributed by atoms with Crippen LogP contribution in [0.4, 0.5) is 0 Å². The molecule has 2 aromatic rings. The highest BCUT2D eigenvalue weighted by Gasteiger charge is 2.45. The van der Waals surface area contributed by atoms with E-state index in [1.54, 1.807) is 39.9 Å². The number of rotatable bonds is 7. The summed E-state index contributed by atoms with van der Waals surface area (Å²) in [4.78, 5) is 27.9. The maximum absolute atomic E-state index is 13.2. The third-order valence-corrected chi connectivity index (χ3v) is 5.68. The zero-order valence-corrected chi connectivity index (χ0v) is 19.6. The number of aryl methyl sites for hydroxylation is 1. The molecule has 170 valence electrons. The molecule has 1 atom stereocenters. The topological polar surface area (TPSA) is 76.1 Å². The van der Waals surface area contributed by atoms with Crippen molar-refractivity contribution in [3.63, 3.8) is 0 Å². The molecule has 1 unspecified atom stereocenters. The van der Waals surface area contributed by atoms with Crippen molar-refractivity contribution in [1.82, 2.24) is 4.90 Å². The van der Waals surface area contributed by atoms with Crippen molar-refractivity contribution in [1.29, 1.82) is 0 Å². The van der Waals surface area contributed by atoms with E-state index in [2.05, 4.69) is 0 Å². The molecule has 0 aliphatic carbocycles. The highest BCUT2D eigenvalue weighted by Crippen LogP contribution is 2.41. The predicted molar refractivity (Wildman–Crippen MR) is 123 cm³/mol. The van der Waals surface area contributed by atoms with Gasteiger partial charge < -0.3 is 19.5 Å². The summed E-state index contributed by atoms with van der Waals surface area (Å²) in [7, 11) is 3.15. The molecule has 1 N–H and O–H groups in total. The zero-order valence-electron chi connectivity index (χ0n) is 19.6. The van der Waals surface area contributed by atoms with E-state index < -0.39 is 23.1 Å². The summed E-state index contributed by atoms with van der Waals surface area (Å²) in [5.41, 5.74) is 2.21. The van der Waals surface area contributed by atoms with E-state index in [0.717, 1.165) is 16.7 Å². The largest absolute Gasteiger partial charge is 0.503 e. The normalized spacial score (nSPS) is 16.5. The molecule has 6 nitrogen and oxygen atoms in total. The van der Waals surface area contributed by atoms with Gasteiger partial charge in [0, 0.05) is 12.0 Å². The van der Waals surface area contributed by atoms with Crippen LogP contribution < -0.4 is 9.47 Å². The number of carbonyl (C=O) groups excluding carboxylic acids is 2. The second-order valence-corrected chi connectivity index (χ2v) is 9.10. The lowest BCUT2D eigenvalue weighted by Crippen LogP contribution is -2.34. The van der Waals surface area contributed by atoms with Gasteiger partial charge in [-0.3, -0.25) is 9.59 Å². The fraction of sp³-hybridized carbons (Fsp3) is 0.385. The van der Waals surface area contributed by atoms with Crippen molar-refractivity contribution < 1.29 is 24.2 Å². The average molecular weight is 438 g/mol. The molecule has 0 saturated heterocycles. The first-order chi connectivity index (χ1) is 15.1. The number of hydrogen-bond acceptors (Lipinski definition) is 5. The van der Waals surface area contributed by atoms with Gasteiger partial charge >= 0.3 is 0 Å². The molecule has 0 saturated carbocycles. The molecule has 1 amide bonds. The number of Topliss-reactive ketones (excluding diaryl/α,β-unsaturated/α-hetero) is 1. The van der Waals surface area contributed by atoms with Gasteiger partial charge in [-0.1, -0.05) is 56.7 Å². The number of nitrogens with zero attached hydrogens (tertiary/aromatic N) is 1. The van der Waals surface area contributed by atoms with Gasteiger partial charge in [-0.2, -0.15) is 0 Å². The smallest absolute Gasteiger partial charge is 0.290 e. The molecule has 6 heteroatoms. The Morgan fingerprint density at radius 2 is 1.75 bits per heavy atom. The Labute approximate surface area is 189 Å². The van der Waals surface area contributed by atoms with Gasteiger partial charge in [-0.15, -0.1) is 0 Å². The SMILES string of the molecule is COc1ccc(CCN2C(=O)C(O)=C(C(=O)C(C)(C)C)C2c2cccc(C)c2)cc1OC. The van der Waals surface area contributed by atoms with Crippen LogP contribution in [0.3, 0.4) is 0 Å². The van der Waals surface area contributed by atoms with Crippen LogP contribution in [-0.4, -0.2) is 42.5 Å². The number of hydrogen-bond donors (Lipinski definition) is 1. The van der Waals surface area contributed by atoms with Gasteiger partial charge in [0.1, 0.15) is 0 Å². The number of aliphatic hydroxyl groups is 1. The summed E-state index contributed by atoms with van der Waals surface area (Å²) in [6.07, 6.45) is 0.526. The van der Waals surface area contributed by atoms with E-state index in [1.807, 2.05) is 49.4 Å². The Hall–Kier alpha value is -3.28. The van der Waals surface area contributed by atoms with E-state index >= 15 is 0 Å². The van der Waals surface area contributed by atoms with Crippen LogP contribution >= 0.6 is 0 Å². The second-order valence-electron chi connectivity index (χ2n) is 9.10. The Bertz CT molecular complexity index is 1060. The maximum atomic E-state index is 13.2. The fourth-order valence-corrected chi connectivity index (χ4v) is 3.99. The number of aliphatic hydroxyl groups excluding tert-OH is 1. The second kappa shape index (κ2) is 9.07. The number of benzene rings is 2. The van der Waals surface area contributed by atoms with E-state index in [-0.39, 0.29) is 11.4 Å². The fourth-order valence-electron chi connectivity index (χ4n) is 3.99. The molecule has 0 fully saturated rings. The van der Waals surface area contributed by atoms with E-state index in [4.69, 9.17) is 9.47 Å². The highest BCUT2D eigenvalue weighted by atomic mass is 16.5. The van der Waals surface area contributed by atoms with Gasteiger partial charge in [0.25, 0.3) is 5.91 Å². The van der Waals surface area contributed by atoms with E-state index in [1.165, 1.54) is 0 Å². The molecule has 1 aliphatic heterocycles. The maximum Gasteiger partial charge on any atom is 0.290 e. The monoisotopic (exact) mass is 437 g/mol. The van der Waals surface area contributed by atoms with Gasteiger partial charge in [0.05, 0.1) is 25.8 Å². The number of methoxy groups -OCH3 is 2. The van der Waals surface area contributed by atoms with Crippen LogP contribution in [0, 0.1) is 12.3 Å². The standard InChI is InChI=1S/C26H31NO5/c1-16-8-7-9-18(14-16)22-21(24(29)26(2,3)4)23(28)25(30)27(22)13-12-17-10-11-19(31-5)20(15-17)32-6/h7-11,14-15,22,28H,12-13H2,1-6H3. The third kappa shape index (κ3) is 4.49. The Kier molecular flexibility index (Phi) is 6.63. The first-order valence-corrected chi connectivity index (χ1v) is 10.6. The van der Waals surface area contributed by atoms with Crippen LogP contribution in [0.2, 0.25) is 0 Å². The third-order valence-electron chi connectivity index (χ3n) is 5.68. The summed E-state index contributed by atoms with van der Waals surface area (Å²) in [5.74, 6) is 0.0258. The zero-order chi connectivity index (χ0) is 23.6. The molecule has 32 heavy (non-hydrogen) atoms. The Morgan fingerprint density at radius 1 is 1.06 bits per heavy atom. The molecule has 0 bridgehead atoms. The van der Waals surface area contributed by atoms with Crippen molar-refractivity contribution >= 4 is 11.7 Å². The van der Waals surface area contributed by atoms with Gasteiger partial charge in [-0.05, 0) is 36.6 Å². The van der Waals surface area contributed by atoms with E-state index in [0.29, 0.717) is 24.5 Å². The molecule has 2 aromatic carbocycles. The number of amides is 1. The van der Waals surface area contributed by atoms with Crippen LogP contribution in [0.5, 0.6) is 11.5 Å². The highest BCUT2D eigenvalue weighted by molar-refractivity contribution is 6.10. The molecular weight excluding hydrogens is 406 g/mol. The Balaban J connectivity index is 1.97. The summed E-state index contributed by atoms with van der Waals surface area (Å²) in [5, 5.41) is 10.7. The minimum absolute atomic E-state index is 0.167. The minimum atomic E-state index is -0.731. The van der Waals surface area contributed by atoms with Crippen LogP contribution in [-0.2, 0) is 16.0 Å². The van der Waals surface area contributed by atoms with Crippen molar-refractivity contribution in [2.75, 3.05) is 20.8 Å².